The summed E-state index contributed by atoms with van der Waals surface area (Å²) in [4.78, 5) is 4.13. The normalized spacial score (nSPS) is 10.2. The fourth-order valence-corrected chi connectivity index (χ4v) is 1.38. The number of nitrogens with zero attached hydrogens (tertiary/aromatic N) is 3. The Morgan fingerprint density at radius 2 is 2.64 bits per heavy atom. The summed E-state index contributed by atoms with van der Waals surface area (Å²) in [6.07, 6.45) is 3.45. The predicted octanol–water partition coefficient (Wildman–Crippen LogP) is 1.19. The van der Waals surface area contributed by atoms with Gasteiger partial charge >= 0.3 is 0 Å². The summed E-state index contributed by atoms with van der Waals surface area (Å²) in [7, 11) is 0. The van der Waals surface area contributed by atoms with Crippen molar-refractivity contribution >= 4 is 11.3 Å². The predicted molar refractivity (Wildman–Crippen MR) is 42.3 cm³/mol. The molecule has 2 aromatic rings. The molecule has 0 aliphatic rings. The van der Waals surface area contributed by atoms with Gasteiger partial charge in [-0.2, -0.15) is 5.10 Å². The van der Waals surface area contributed by atoms with E-state index in [0.29, 0.717) is 0 Å². The van der Waals surface area contributed by atoms with E-state index in [9.17, 15) is 0 Å². The Bertz CT molecular complexity index is 266. The summed E-state index contributed by atoms with van der Waals surface area (Å²) >= 11 is 1.60. The largest absolute Gasteiger partial charge is 0.266 e. The molecule has 0 unspecified atom stereocenters. The summed E-state index contributed by atoms with van der Waals surface area (Å²) in [5, 5.41) is 6.03. The highest BCUT2D eigenvalue weighted by Gasteiger charge is 1.94. The molecule has 1 radical (unpaired) electrons. The van der Waals surface area contributed by atoms with E-state index in [4.69, 9.17) is 0 Å². The Labute approximate surface area is 68.3 Å². The first kappa shape index (κ1) is 6.54. The second-order valence-corrected chi connectivity index (χ2v) is 2.84. The van der Waals surface area contributed by atoms with Crippen molar-refractivity contribution in [3.05, 3.63) is 35.0 Å². The van der Waals surface area contributed by atoms with Gasteiger partial charge in [-0.3, -0.25) is 4.68 Å². The molecule has 0 N–H and O–H groups in total. The highest BCUT2D eigenvalue weighted by Crippen LogP contribution is 2.01. The molecule has 0 bridgehead atoms. The minimum absolute atomic E-state index is 0.743. The topological polar surface area (TPSA) is 30.7 Å². The van der Waals surface area contributed by atoms with E-state index in [1.165, 1.54) is 0 Å². The van der Waals surface area contributed by atoms with Crippen molar-refractivity contribution in [3.8, 4) is 0 Å². The van der Waals surface area contributed by atoms with Crippen molar-refractivity contribution in [3.63, 3.8) is 0 Å². The van der Waals surface area contributed by atoms with Crippen LogP contribution in [0.4, 0.5) is 0 Å². The molecule has 2 heterocycles. The van der Waals surface area contributed by atoms with Crippen molar-refractivity contribution in [2.45, 2.75) is 6.54 Å². The first-order chi connectivity index (χ1) is 5.45. The molecule has 11 heavy (non-hydrogen) atoms. The van der Waals surface area contributed by atoms with Crippen LogP contribution in [0.1, 0.15) is 5.69 Å². The zero-order chi connectivity index (χ0) is 7.52. The Morgan fingerprint density at radius 3 is 3.27 bits per heavy atom. The second kappa shape index (κ2) is 2.84. The Hall–Kier alpha value is -1.16. The van der Waals surface area contributed by atoms with Gasteiger partial charge in [-0.05, 0) is 0 Å². The maximum absolute atomic E-state index is 4.13. The first-order valence-electron chi connectivity index (χ1n) is 3.21. The summed E-state index contributed by atoms with van der Waals surface area (Å²) < 4.78 is 1.80. The van der Waals surface area contributed by atoms with Gasteiger partial charge in [0.15, 0.2) is 0 Å². The summed E-state index contributed by atoms with van der Waals surface area (Å²) in [5.41, 5.74) is 2.87. The summed E-state index contributed by atoms with van der Waals surface area (Å²) in [6, 6.07) is 2.87. The zero-order valence-electron chi connectivity index (χ0n) is 5.77. The molecule has 0 amide bonds. The van der Waals surface area contributed by atoms with Crippen LogP contribution >= 0.6 is 11.3 Å². The van der Waals surface area contributed by atoms with Crippen molar-refractivity contribution in [1.29, 1.82) is 0 Å². The van der Waals surface area contributed by atoms with Crippen LogP contribution < -0.4 is 0 Å². The fourth-order valence-electron chi connectivity index (χ4n) is 0.828. The van der Waals surface area contributed by atoms with E-state index < -0.39 is 0 Å². The van der Waals surface area contributed by atoms with E-state index in [1.54, 1.807) is 28.4 Å². The van der Waals surface area contributed by atoms with Crippen LogP contribution in [-0.2, 0) is 6.54 Å². The van der Waals surface area contributed by atoms with Crippen LogP contribution in [-0.4, -0.2) is 14.8 Å². The molecule has 0 aliphatic carbocycles. The molecular formula is C7H6N3S. The van der Waals surface area contributed by atoms with Crippen LogP contribution in [0.25, 0.3) is 0 Å². The summed E-state index contributed by atoms with van der Waals surface area (Å²) in [6.45, 7) is 0.743. The first-order valence-corrected chi connectivity index (χ1v) is 4.15. The smallest absolute Gasteiger partial charge is 0.0840 e. The SMILES string of the molecule is [c]1cnn(Cc2cscn2)c1. The van der Waals surface area contributed by atoms with Crippen molar-refractivity contribution in [1.82, 2.24) is 14.8 Å². The number of rotatable bonds is 2. The lowest BCUT2D eigenvalue weighted by Gasteiger charge is -1.94. The van der Waals surface area contributed by atoms with Gasteiger partial charge in [0.2, 0.25) is 0 Å². The Balaban J connectivity index is 2.14. The highest BCUT2D eigenvalue weighted by molar-refractivity contribution is 7.07. The average Bonchev–Trinajstić information content (AvgIpc) is 2.60. The minimum atomic E-state index is 0.743. The molecule has 2 rings (SSSR count). The van der Waals surface area contributed by atoms with E-state index in [1.807, 2.05) is 10.9 Å². The molecule has 0 saturated carbocycles. The molecule has 55 valence electrons. The third-order valence-corrected chi connectivity index (χ3v) is 1.95. The number of hydrogen-bond acceptors (Lipinski definition) is 3. The quantitative estimate of drug-likeness (QED) is 0.667. The number of hydrogen-bond donors (Lipinski definition) is 0. The van der Waals surface area contributed by atoms with Gasteiger partial charge < -0.3 is 0 Å². The minimum Gasteiger partial charge on any atom is -0.266 e. The molecule has 0 aliphatic heterocycles. The third kappa shape index (κ3) is 1.46. The van der Waals surface area contributed by atoms with Gasteiger partial charge in [-0.15, -0.1) is 11.3 Å². The number of thiazole rings is 1. The lowest BCUT2D eigenvalue weighted by atomic mass is 10.5. The van der Waals surface area contributed by atoms with E-state index >= 15 is 0 Å². The third-order valence-electron chi connectivity index (χ3n) is 1.31. The lowest BCUT2D eigenvalue weighted by Crippen LogP contribution is -1.99. The highest BCUT2D eigenvalue weighted by atomic mass is 32.1. The molecule has 0 aromatic carbocycles. The van der Waals surface area contributed by atoms with Crippen LogP contribution in [0.5, 0.6) is 0 Å². The summed E-state index contributed by atoms with van der Waals surface area (Å²) in [5.74, 6) is 0. The molecule has 0 saturated heterocycles. The average molecular weight is 164 g/mol. The molecule has 4 heteroatoms. The van der Waals surface area contributed by atoms with Crippen molar-refractivity contribution < 1.29 is 0 Å². The van der Waals surface area contributed by atoms with Gasteiger partial charge in [0.1, 0.15) is 0 Å². The van der Waals surface area contributed by atoms with Crippen molar-refractivity contribution in [2.75, 3.05) is 0 Å². The molecule has 0 spiro atoms. The molecule has 3 nitrogen and oxygen atoms in total. The molecule has 0 atom stereocenters. The molecule has 2 aromatic heterocycles. The van der Waals surface area contributed by atoms with Gasteiger partial charge in [0.25, 0.3) is 0 Å². The molecular weight excluding hydrogens is 158 g/mol. The zero-order valence-corrected chi connectivity index (χ0v) is 6.58. The van der Waals surface area contributed by atoms with Gasteiger partial charge in [0, 0.05) is 17.6 Å². The van der Waals surface area contributed by atoms with Gasteiger partial charge in [-0.1, -0.05) is 0 Å². The van der Waals surface area contributed by atoms with Crippen molar-refractivity contribution in [2.24, 2.45) is 0 Å². The van der Waals surface area contributed by atoms with E-state index in [2.05, 4.69) is 16.1 Å². The maximum atomic E-state index is 4.13. The second-order valence-electron chi connectivity index (χ2n) is 2.12. The van der Waals surface area contributed by atoms with Crippen LogP contribution in [0.3, 0.4) is 0 Å². The standard InChI is InChI=1S/C7H6N3S/c1-2-9-10(3-1)4-7-5-11-6-8-7/h2-3,5-6H,4H2. The van der Waals surface area contributed by atoms with Gasteiger partial charge in [0.05, 0.1) is 23.9 Å². The monoisotopic (exact) mass is 164 g/mol. The van der Waals surface area contributed by atoms with Crippen LogP contribution in [0, 0.1) is 6.07 Å². The van der Waals surface area contributed by atoms with Gasteiger partial charge in [-0.25, -0.2) is 4.98 Å². The number of aromatic nitrogens is 3. The van der Waals surface area contributed by atoms with E-state index in [0.717, 1.165) is 12.2 Å². The lowest BCUT2D eigenvalue weighted by molar-refractivity contribution is 0.676. The fraction of sp³-hybridized carbons (Fsp3) is 0.143. The Morgan fingerprint density at radius 1 is 1.64 bits per heavy atom. The Kier molecular flexibility index (Phi) is 1.69. The van der Waals surface area contributed by atoms with Crippen LogP contribution in [0.15, 0.2) is 23.3 Å². The maximum Gasteiger partial charge on any atom is 0.0840 e. The van der Waals surface area contributed by atoms with E-state index in [-0.39, 0.29) is 0 Å². The van der Waals surface area contributed by atoms with Crippen LogP contribution in [0.2, 0.25) is 0 Å². The molecule has 0 fully saturated rings.